The van der Waals surface area contributed by atoms with E-state index < -0.39 is 11.9 Å². The second-order valence-electron chi connectivity index (χ2n) is 8.00. The van der Waals surface area contributed by atoms with Crippen LogP contribution in [0.2, 0.25) is 0 Å². The van der Waals surface area contributed by atoms with Gasteiger partial charge in [-0.2, -0.15) is 0 Å². The number of nitrogens with zero attached hydrogens (tertiary/aromatic N) is 1. The molecule has 2 unspecified atom stereocenters. The summed E-state index contributed by atoms with van der Waals surface area (Å²) in [4.78, 5) is 50.1. The molecule has 2 atom stereocenters. The van der Waals surface area contributed by atoms with Crippen molar-refractivity contribution < 1.29 is 19.2 Å². The Hall–Kier alpha value is -2.70. The maximum Gasteiger partial charge on any atom is 0.255 e. The molecule has 2 aliphatic rings. The summed E-state index contributed by atoms with van der Waals surface area (Å²) in [6, 6.07) is 4.87. The number of amides is 4. The lowest BCUT2D eigenvalue weighted by molar-refractivity contribution is -0.137. The van der Waals surface area contributed by atoms with Crippen molar-refractivity contribution in [3.05, 3.63) is 34.9 Å². The molecule has 156 valence electrons. The van der Waals surface area contributed by atoms with Crippen LogP contribution in [0, 0.1) is 5.92 Å². The van der Waals surface area contributed by atoms with Crippen LogP contribution in [0.15, 0.2) is 18.2 Å². The van der Waals surface area contributed by atoms with Gasteiger partial charge in [0.1, 0.15) is 6.04 Å². The summed E-state index contributed by atoms with van der Waals surface area (Å²) in [7, 11) is 0. The van der Waals surface area contributed by atoms with E-state index in [0.717, 1.165) is 43.2 Å². The van der Waals surface area contributed by atoms with Crippen molar-refractivity contribution in [3.8, 4) is 0 Å². The van der Waals surface area contributed by atoms with Crippen molar-refractivity contribution in [1.82, 2.24) is 10.2 Å². The number of unbranched alkanes of at least 4 members (excludes halogenated alkanes) is 3. The first-order chi connectivity index (χ1) is 13.9. The maximum absolute atomic E-state index is 12.9. The number of primary amides is 1. The van der Waals surface area contributed by atoms with E-state index in [0.29, 0.717) is 24.9 Å². The molecule has 3 N–H and O–H groups in total. The van der Waals surface area contributed by atoms with Crippen molar-refractivity contribution in [2.24, 2.45) is 11.7 Å². The summed E-state index contributed by atoms with van der Waals surface area (Å²) in [6.45, 7) is 2.46. The number of imide groups is 1. The molecule has 2 heterocycles. The number of fused-ring (bicyclic) bond motifs is 1. The zero-order chi connectivity index (χ0) is 21.0. The van der Waals surface area contributed by atoms with Gasteiger partial charge in [0.25, 0.3) is 5.91 Å². The van der Waals surface area contributed by atoms with Crippen LogP contribution < -0.4 is 11.1 Å². The van der Waals surface area contributed by atoms with E-state index in [1.807, 2.05) is 12.1 Å². The van der Waals surface area contributed by atoms with Gasteiger partial charge in [-0.05, 0) is 36.5 Å². The highest BCUT2D eigenvalue weighted by atomic mass is 16.2. The van der Waals surface area contributed by atoms with Gasteiger partial charge < -0.3 is 10.6 Å². The van der Waals surface area contributed by atoms with Crippen molar-refractivity contribution in [1.29, 1.82) is 0 Å². The van der Waals surface area contributed by atoms with Crippen LogP contribution in [0.5, 0.6) is 0 Å². The molecule has 1 saturated heterocycles. The third kappa shape index (κ3) is 4.66. The lowest BCUT2D eigenvalue weighted by Gasteiger charge is -2.29. The van der Waals surface area contributed by atoms with Crippen molar-refractivity contribution >= 4 is 23.6 Å². The number of nitrogens with two attached hydrogens (primary N) is 1. The van der Waals surface area contributed by atoms with E-state index >= 15 is 0 Å². The Balaban J connectivity index is 1.75. The number of hydrogen-bond donors (Lipinski definition) is 2. The highest BCUT2D eigenvalue weighted by Gasteiger charge is 2.39. The van der Waals surface area contributed by atoms with Crippen LogP contribution in [0.1, 0.15) is 73.4 Å². The number of carbonyl (C=O) groups is 4. The molecule has 4 amide bonds. The van der Waals surface area contributed by atoms with E-state index in [1.54, 1.807) is 6.07 Å². The molecular weight excluding hydrogens is 370 g/mol. The van der Waals surface area contributed by atoms with Crippen LogP contribution in [0.4, 0.5) is 0 Å². The van der Waals surface area contributed by atoms with Gasteiger partial charge in [-0.1, -0.05) is 44.7 Å². The van der Waals surface area contributed by atoms with E-state index in [9.17, 15) is 19.2 Å². The van der Waals surface area contributed by atoms with Gasteiger partial charge in [0, 0.05) is 24.4 Å². The van der Waals surface area contributed by atoms with Gasteiger partial charge >= 0.3 is 0 Å². The van der Waals surface area contributed by atoms with Gasteiger partial charge in [-0.25, -0.2) is 0 Å². The van der Waals surface area contributed by atoms with Gasteiger partial charge in [0.2, 0.25) is 17.7 Å². The minimum Gasteiger partial charge on any atom is -0.369 e. The Morgan fingerprint density at radius 2 is 2.03 bits per heavy atom. The van der Waals surface area contributed by atoms with Gasteiger partial charge in [0.15, 0.2) is 0 Å². The Kier molecular flexibility index (Phi) is 6.67. The third-order valence-corrected chi connectivity index (χ3v) is 5.95. The lowest BCUT2D eigenvalue weighted by Crippen LogP contribution is -2.52. The highest BCUT2D eigenvalue weighted by molar-refractivity contribution is 6.05. The summed E-state index contributed by atoms with van der Waals surface area (Å²) in [5, 5.41) is 2.32. The fourth-order valence-electron chi connectivity index (χ4n) is 4.27. The van der Waals surface area contributed by atoms with Crippen LogP contribution >= 0.6 is 0 Å². The minimum atomic E-state index is -0.638. The average molecular weight is 399 g/mol. The first-order valence-electron chi connectivity index (χ1n) is 10.5. The monoisotopic (exact) mass is 399 g/mol. The third-order valence-electron chi connectivity index (χ3n) is 5.95. The number of hydrogen-bond acceptors (Lipinski definition) is 4. The standard InChI is InChI=1S/C22H29N3O4/c1-2-3-4-5-7-15(20(23)27)12-14-8-6-9-16-17(14)13-25(22(16)29)18-10-11-19(26)24-21(18)28/h6,8-9,15,18H,2-5,7,10-13H2,1H3,(H2,23,27)(H,24,26,28). The van der Waals surface area contributed by atoms with Crippen LogP contribution in [0.3, 0.4) is 0 Å². The number of piperidine rings is 1. The fourth-order valence-corrected chi connectivity index (χ4v) is 4.27. The first kappa shape index (κ1) is 21.0. The Bertz CT molecular complexity index is 820. The number of carbonyl (C=O) groups excluding carboxylic acids is 4. The first-order valence-corrected chi connectivity index (χ1v) is 10.5. The zero-order valence-corrected chi connectivity index (χ0v) is 16.9. The van der Waals surface area contributed by atoms with Crippen LogP contribution in [-0.2, 0) is 27.3 Å². The Labute approximate surface area is 171 Å². The SMILES string of the molecule is CCCCCCC(Cc1cccc2c1CN(C1CCC(=O)NC1=O)C2=O)C(N)=O. The summed E-state index contributed by atoms with van der Waals surface area (Å²) in [6.07, 6.45) is 6.11. The molecule has 0 aromatic heterocycles. The Morgan fingerprint density at radius 1 is 1.24 bits per heavy atom. The highest BCUT2D eigenvalue weighted by Crippen LogP contribution is 2.31. The number of nitrogens with one attached hydrogen (secondary N) is 1. The summed E-state index contributed by atoms with van der Waals surface area (Å²) in [5.41, 5.74) is 8.01. The molecule has 0 spiro atoms. The fraction of sp³-hybridized carbons (Fsp3) is 0.545. The molecule has 1 fully saturated rings. The summed E-state index contributed by atoms with van der Waals surface area (Å²) >= 11 is 0. The Morgan fingerprint density at radius 3 is 2.72 bits per heavy atom. The predicted octanol–water partition coefficient (Wildman–Crippen LogP) is 2.06. The second kappa shape index (κ2) is 9.20. The predicted molar refractivity (Wildman–Crippen MR) is 108 cm³/mol. The van der Waals surface area contributed by atoms with Crippen molar-refractivity contribution in [2.45, 2.75) is 70.9 Å². The molecular formula is C22H29N3O4. The molecule has 0 saturated carbocycles. The summed E-state index contributed by atoms with van der Waals surface area (Å²) < 4.78 is 0. The molecule has 1 aromatic carbocycles. The lowest BCUT2D eigenvalue weighted by atomic mass is 9.90. The van der Waals surface area contributed by atoms with E-state index in [4.69, 9.17) is 5.73 Å². The topological polar surface area (TPSA) is 110 Å². The maximum atomic E-state index is 12.9. The molecule has 0 aliphatic carbocycles. The zero-order valence-electron chi connectivity index (χ0n) is 16.9. The molecule has 0 radical (unpaired) electrons. The van der Waals surface area contributed by atoms with E-state index in [2.05, 4.69) is 12.2 Å². The minimum absolute atomic E-state index is 0.199. The van der Waals surface area contributed by atoms with Crippen molar-refractivity contribution in [2.75, 3.05) is 0 Å². The molecule has 7 heteroatoms. The summed E-state index contributed by atoms with van der Waals surface area (Å²) in [5.74, 6) is -1.50. The number of rotatable bonds is 9. The molecule has 0 bridgehead atoms. The van der Waals surface area contributed by atoms with Gasteiger partial charge in [0.05, 0.1) is 0 Å². The molecule has 3 rings (SSSR count). The molecule has 2 aliphatic heterocycles. The average Bonchev–Trinajstić information content (AvgIpc) is 3.01. The largest absolute Gasteiger partial charge is 0.369 e. The van der Waals surface area contributed by atoms with Gasteiger partial charge in [-0.3, -0.25) is 24.5 Å². The molecule has 29 heavy (non-hydrogen) atoms. The van der Waals surface area contributed by atoms with Crippen LogP contribution in [0.25, 0.3) is 0 Å². The van der Waals surface area contributed by atoms with E-state index in [-0.39, 0.29) is 30.1 Å². The second-order valence-corrected chi connectivity index (χ2v) is 8.00. The molecule has 7 nitrogen and oxygen atoms in total. The smallest absolute Gasteiger partial charge is 0.255 e. The van der Waals surface area contributed by atoms with Crippen molar-refractivity contribution in [3.63, 3.8) is 0 Å². The van der Waals surface area contributed by atoms with Gasteiger partial charge in [-0.15, -0.1) is 0 Å². The van der Waals surface area contributed by atoms with E-state index in [1.165, 1.54) is 4.90 Å². The quantitative estimate of drug-likeness (QED) is 0.489. The normalized spacial score (nSPS) is 19.8. The molecule has 1 aromatic rings. The van der Waals surface area contributed by atoms with Crippen LogP contribution in [-0.4, -0.2) is 34.6 Å². The number of benzene rings is 1.